The number of fused-ring (bicyclic) bond motifs is 1. The smallest absolute Gasteiger partial charge is 0.228 e. The van der Waals surface area contributed by atoms with Gasteiger partial charge in [0.25, 0.3) is 0 Å². The Balaban J connectivity index is 2.19. The van der Waals surface area contributed by atoms with Crippen LogP contribution in [0.1, 0.15) is 24.8 Å². The highest BCUT2D eigenvalue weighted by Gasteiger charge is 2.21. The van der Waals surface area contributed by atoms with Crippen molar-refractivity contribution in [1.82, 2.24) is 0 Å². The van der Waals surface area contributed by atoms with Gasteiger partial charge < -0.3 is 4.90 Å². The van der Waals surface area contributed by atoms with Crippen LogP contribution >= 0.6 is 0 Å². The molecule has 1 amide bonds. The third-order valence-corrected chi connectivity index (χ3v) is 2.86. The highest BCUT2D eigenvalue weighted by atomic mass is 16.2. The quantitative estimate of drug-likeness (QED) is 0.758. The standard InChI is InChI=1S/C13H14N2O/c14-9-3-8-13(16)15-10-4-6-11-5-1-2-7-12(11)15/h1-2,5,7H,3-4,6,8,10H2. The Morgan fingerprint density at radius 1 is 1.44 bits per heavy atom. The Labute approximate surface area is 95.3 Å². The minimum atomic E-state index is 0.0636. The third-order valence-electron chi connectivity index (χ3n) is 2.86. The van der Waals surface area contributed by atoms with Crippen LogP contribution in [-0.2, 0) is 11.2 Å². The number of nitrogens with zero attached hydrogens (tertiary/aromatic N) is 2. The highest BCUT2D eigenvalue weighted by molar-refractivity contribution is 5.94. The van der Waals surface area contributed by atoms with Crippen molar-refractivity contribution in [2.24, 2.45) is 0 Å². The SMILES string of the molecule is N#CCCC(=O)N1CCCc2ccccc21. The van der Waals surface area contributed by atoms with Gasteiger partial charge in [-0.25, -0.2) is 0 Å². The second kappa shape index (κ2) is 4.80. The van der Waals surface area contributed by atoms with Crippen molar-refractivity contribution in [2.75, 3.05) is 11.4 Å². The van der Waals surface area contributed by atoms with E-state index < -0.39 is 0 Å². The number of nitriles is 1. The number of anilines is 1. The molecule has 82 valence electrons. The summed E-state index contributed by atoms with van der Waals surface area (Å²) in [6, 6.07) is 10.0. The van der Waals surface area contributed by atoms with Crippen LogP contribution in [0.25, 0.3) is 0 Å². The zero-order chi connectivity index (χ0) is 11.4. The first-order valence-corrected chi connectivity index (χ1v) is 5.58. The van der Waals surface area contributed by atoms with E-state index in [1.54, 1.807) is 0 Å². The van der Waals surface area contributed by atoms with Gasteiger partial charge >= 0.3 is 0 Å². The predicted octanol–water partition coefficient (Wildman–Crippen LogP) is 2.27. The molecule has 1 aromatic rings. The fourth-order valence-electron chi connectivity index (χ4n) is 2.09. The number of benzene rings is 1. The number of para-hydroxylation sites is 1. The maximum absolute atomic E-state index is 11.9. The number of hydrogen-bond acceptors (Lipinski definition) is 2. The molecule has 1 aliphatic rings. The van der Waals surface area contributed by atoms with Gasteiger partial charge in [0.15, 0.2) is 0 Å². The van der Waals surface area contributed by atoms with Crippen molar-refractivity contribution in [3.63, 3.8) is 0 Å². The summed E-state index contributed by atoms with van der Waals surface area (Å²) >= 11 is 0. The van der Waals surface area contributed by atoms with Gasteiger partial charge in [-0.05, 0) is 24.5 Å². The molecule has 0 bridgehead atoms. The minimum Gasteiger partial charge on any atom is -0.312 e. The molecule has 1 heterocycles. The molecule has 1 aliphatic heterocycles. The average Bonchev–Trinajstić information content (AvgIpc) is 2.35. The first-order chi connectivity index (χ1) is 7.83. The zero-order valence-electron chi connectivity index (χ0n) is 9.15. The Bertz CT molecular complexity index is 434. The topological polar surface area (TPSA) is 44.1 Å². The third kappa shape index (κ3) is 2.06. The van der Waals surface area contributed by atoms with E-state index in [4.69, 9.17) is 5.26 Å². The minimum absolute atomic E-state index is 0.0636. The molecular weight excluding hydrogens is 200 g/mol. The molecule has 16 heavy (non-hydrogen) atoms. The van der Waals surface area contributed by atoms with Gasteiger partial charge in [-0.15, -0.1) is 0 Å². The molecule has 0 aromatic heterocycles. The van der Waals surface area contributed by atoms with E-state index in [1.165, 1.54) is 5.56 Å². The molecule has 0 spiro atoms. The predicted molar refractivity (Wildman–Crippen MR) is 62.0 cm³/mol. The summed E-state index contributed by atoms with van der Waals surface area (Å²) in [4.78, 5) is 13.7. The Morgan fingerprint density at radius 2 is 2.25 bits per heavy atom. The first-order valence-electron chi connectivity index (χ1n) is 5.58. The number of carbonyl (C=O) groups is 1. The molecule has 1 aromatic carbocycles. The maximum Gasteiger partial charge on any atom is 0.228 e. The summed E-state index contributed by atoms with van der Waals surface area (Å²) in [5.74, 6) is 0.0636. The average molecular weight is 214 g/mol. The molecule has 3 nitrogen and oxygen atoms in total. The fraction of sp³-hybridized carbons (Fsp3) is 0.385. The first kappa shape index (κ1) is 10.7. The largest absolute Gasteiger partial charge is 0.312 e. The van der Waals surface area contributed by atoms with Gasteiger partial charge in [0.05, 0.1) is 6.07 Å². The highest BCUT2D eigenvalue weighted by Crippen LogP contribution is 2.27. The van der Waals surface area contributed by atoms with Crippen LogP contribution in [0, 0.1) is 11.3 Å². The van der Waals surface area contributed by atoms with Gasteiger partial charge in [0.2, 0.25) is 5.91 Å². The Morgan fingerprint density at radius 3 is 3.06 bits per heavy atom. The lowest BCUT2D eigenvalue weighted by Gasteiger charge is -2.29. The maximum atomic E-state index is 11.9. The number of rotatable bonds is 2. The van der Waals surface area contributed by atoms with Gasteiger partial charge in [0, 0.05) is 25.1 Å². The second-order valence-corrected chi connectivity index (χ2v) is 3.94. The van der Waals surface area contributed by atoms with Crippen molar-refractivity contribution in [3.05, 3.63) is 29.8 Å². The van der Waals surface area contributed by atoms with Crippen molar-refractivity contribution in [3.8, 4) is 6.07 Å². The summed E-state index contributed by atoms with van der Waals surface area (Å²) in [6.45, 7) is 0.779. The Hall–Kier alpha value is -1.82. The van der Waals surface area contributed by atoms with E-state index in [0.29, 0.717) is 12.8 Å². The van der Waals surface area contributed by atoms with Crippen LogP contribution in [0.3, 0.4) is 0 Å². The summed E-state index contributed by atoms with van der Waals surface area (Å²) < 4.78 is 0. The van der Waals surface area contributed by atoms with Crippen LogP contribution in [0.2, 0.25) is 0 Å². The zero-order valence-corrected chi connectivity index (χ0v) is 9.15. The number of carbonyl (C=O) groups excluding carboxylic acids is 1. The molecule has 0 radical (unpaired) electrons. The van der Waals surface area contributed by atoms with Gasteiger partial charge in [-0.3, -0.25) is 4.79 Å². The number of amides is 1. The van der Waals surface area contributed by atoms with E-state index >= 15 is 0 Å². The molecule has 0 aliphatic carbocycles. The molecule has 3 heteroatoms. The molecule has 0 saturated carbocycles. The van der Waals surface area contributed by atoms with Crippen LogP contribution in [-0.4, -0.2) is 12.5 Å². The van der Waals surface area contributed by atoms with Crippen LogP contribution in [0.5, 0.6) is 0 Å². The lowest BCUT2D eigenvalue weighted by atomic mass is 10.0. The van der Waals surface area contributed by atoms with Gasteiger partial charge in [-0.1, -0.05) is 18.2 Å². The van der Waals surface area contributed by atoms with E-state index in [-0.39, 0.29) is 5.91 Å². The molecule has 0 N–H and O–H groups in total. The van der Waals surface area contributed by atoms with Crippen LogP contribution < -0.4 is 4.90 Å². The van der Waals surface area contributed by atoms with Crippen LogP contribution in [0.4, 0.5) is 5.69 Å². The van der Waals surface area contributed by atoms with E-state index in [1.807, 2.05) is 29.2 Å². The van der Waals surface area contributed by atoms with Crippen molar-refractivity contribution in [1.29, 1.82) is 5.26 Å². The normalized spacial score (nSPS) is 14.1. The monoisotopic (exact) mass is 214 g/mol. The molecule has 0 saturated heterocycles. The Kier molecular flexibility index (Phi) is 3.21. The summed E-state index contributed by atoms with van der Waals surface area (Å²) in [5, 5.41) is 8.49. The van der Waals surface area contributed by atoms with E-state index in [9.17, 15) is 4.79 Å². The summed E-state index contributed by atoms with van der Waals surface area (Å²) in [7, 11) is 0. The molecule has 0 unspecified atom stereocenters. The lowest BCUT2D eigenvalue weighted by Crippen LogP contribution is -2.35. The lowest BCUT2D eigenvalue weighted by molar-refractivity contribution is -0.118. The van der Waals surface area contributed by atoms with E-state index in [2.05, 4.69) is 6.07 Å². The van der Waals surface area contributed by atoms with Gasteiger partial charge in [0.1, 0.15) is 0 Å². The molecular formula is C13H14N2O. The fourth-order valence-corrected chi connectivity index (χ4v) is 2.09. The molecule has 0 fully saturated rings. The molecule has 2 rings (SSSR count). The summed E-state index contributed by atoms with van der Waals surface area (Å²) in [5.41, 5.74) is 2.26. The van der Waals surface area contributed by atoms with Gasteiger partial charge in [-0.2, -0.15) is 5.26 Å². The van der Waals surface area contributed by atoms with Crippen molar-refractivity contribution < 1.29 is 4.79 Å². The summed E-state index contributed by atoms with van der Waals surface area (Å²) in [6.07, 6.45) is 2.68. The van der Waals surface area contributed by atoms with Crippen molar-refractivity contribution >= 4 is 11.6 Å². The second-order valence-electron chi connectivity index (χ2n) is 3.94. The van der Waals surface area contributed by atoms with Crippen molar-refractivity contribution in [2.45, 2.75) is 25.7 Å². The molecule has 0 atom stereocenters. The number of aryl methyl sites for hydroxylation is 1. The van der Waals surface area contributed by atoms with E-state index in [0.717, 1.165) is 25.1 Å². The number of hydrogen-bond donors (Lipinski definition) is 0. The van der Waals surface area contributed by atoms with Crippen LogP contribution in [0.15, 0.2) is 24.3 Å².